The van der Waals surface area contributed by atoms with Gasteiger partial charge in [0.2, 0.25) is 5.88 Å². The van der Waals surface area contributed by atoms with Gasteiger partial charge in [-0.05, 0) is 24.1 Å². The summed E-state index contributed by atoms with van der Waals surface area (Å²) in [5.74, 6) is 1.28. The molecule has 0 radical (unpaired) electrons. The van der Waals surface area contributed by atoms with Gasteiger partial charge in [-0.15, -0.1) is 0 Å². The molecule has 0 aliphatic rings. The molecule has 0 atom stereocenters. The Balaban J connectivity index is 1.93. The molecule has 5 heteroatoms. The summed E-state index contributed by atoms with van der Waals surface area (Å²) in [5, 5.41) is 3.18. The number of nitrogens with zero attached hydrogens (tertiary/aromatic N) is 2. The molecule has 0 aliphatic carbocycles. The van der Waals surface area contributed by atoms with E-state index in [0.717, 1.165) is 28.8 Å². The smallest absolute Gasteiger partial charge is 0.234 e. The van der Waals surface area contributed by atoms with E-state index in [-0.39, 0.29) is 0 Å². The van der Waals surface area contributed by atoms with E-state index < -0.39 is 0 Å². The second-order valence-corrected chi connectivity index (χ2v) is 5.00. The average Bonchev–Trinajstić information content (AvgIpc) is 2.45. The van der Waals surface area contributed by atoms with Crippen LogP contribution in [0.4, 0.5) is 5.82 Å². The van der Waals surface area contributed by atoms with Gasteiger partial charge in [-0.1, -0.05) is 35.0 Å². The number of ether oxygens (including phenoxy) is 1. The van der Waals surface area contributed by atoms with Crippen LogP contribution in [0.25, 0.3) is 0 Å². The van der Waals surface area contributed by atoms with Crippen molar-refractivity contribution in [1.82, 2.24) is 9.97 Å². The zero-order valence-corrected chi connectivity index (χ0v) is 12.4. The molecule has 100 valence electrons. The Morgan fingerprint density at radius 1 is 1.21 bits per heavy atom. The van der Waals surface area contributed by atoms with Gasteiger partial charge in [0.05, 0.1) is 12.4 Å². The summed E-state index contributed by atoms with van der Waals surface area (Å²) in [6.07, 6.45) is 4.36. The van der Waals surface area contributed by atoms with Gasteiger partial charge >= 0.3 is 0 Å². The van der Waals surface area contributed by atoms with E-state index in [4.69, 9.17) is 4.74 Å². The van der Waals surface area contributed by atoms with Crippen LogP contribution in [0.3, 0.4) is 0 Å². The minimum absolute atomic E-state index is 0.485. The molecular weight excluding hydrogens is 306 g/mol. The summed E-state index contributed by atoms with van der Waals surface area (Å²) in [4.78, 5) is 8.44. The highest BCUT2D eigenvalue weighted by Gasteiger charge is 2.00. The number of nitrogens with one attached hydrogen (secondary N) is 1. The highest BCUT2D eigenvalue weighted by atomic mass is 79.9. The van der Waals surface area contributed by atoms with Gasteiger partial charge in [-0.25, -0.2) is 0 Å². The largest absolute Gasteiger partial charge is 0.472 e. The van der Waals surface area contributed by atoms with Crippen molar-refractivity contribution in [2.75, 3.05) is 11.9 Å². The van der Waals surface area contributed by atoms with Crippen molar-refractivity contribution < 1.29 is 4.74 Å². The highest BCUT2D eigenvalue weighted by molar-refractivity contribution is 9.10. The Hall–Kier alpha value is -1.62. The third kappa shape index (κ3) is 4.52. The summed E-state index contributed by atoms with van der Waals surface area (Å²) in [6, 6.07) is 8.00. The van der Waals surface area contributed by atoms with Crippen LogP contribution in [-0.4, -0.2) is 16.5 Å². The van der Waals surface area contributed by atoms with Crippen molar-refractivity contribution >= 4 is 21.7 Å². The number of anilines is 1. The van der Waals surface area contributed by atoms with Gasteiger partial charge in [-0.2, -0.15) is 4.98 Å². The van der Waals surface area contributed by atoms with E-state index in [1.54, 1.807) is 12.4 Å². The molecule has 4 nitrogen and oxygen atoms in total. The maximum Gasteiger partial charge on any atom is 0.234 e. The van der Waals surface area contributed by atoms with Gasteiger partial charge < -0.3 is 10.1 Å². The number of halogens is 1. The van der Waals surface area contributed by atoms with Crippen LogP contribution >= 0.6 is 15.9 Å². The monoisotopic (exact) mass is 321 g/mol. The SMILES string of the molecule is CCCNc1cncc(OCc2ccc(Br)cc2)n1. The molecule has 0 saturated heterocycles. The second kappa shape index (κ2) is 7.09. The van der Waals surface area contributed by atoms with Gasteiger partial charge in [0.1, 0.15) is 12.4 Å². The third-order valence-corrected chi connectivity index (χ3v) is 3.00. The summed E-state index contributed by atoms with van der Waals surface area (Å²) in [6.45, 7) is 3.47. The Morgan fingerprint density at radius 2 is 2.00 bits per heavy atom. The lowest BCUT2D eigenvalue weighted by Gasteiger charge is -2.07. The van der Waals surface area contributed by atoms with Gasteiger partial charge in [0.15, 0.2) is 0 Å². The van der Waals surface area contributed by atoms with Crippen molar-refractivity contribution in [3.05, 3.63) is 46.7 Å². The third-order valence-electron chi connectivity index (χ3n) is 2.47. The quantitative estimate of drug-likeness (QED) is 0.882. The zero-order chi connectivity index (χ0) is 13.5. The predicted octanol–water partition coefficient (Wildman–Crippen LogP) is 3.64. The van der Waals surface area contributed by atoms with Crippen LogP contribution in [0.15, 0.2) is 41.1 Å². The standard InChI is InChI=1S/C14H16BrN3O/c1-2-7-17-13-8-16-9-14(18-13)19-10-11-3-5-12(15)6-4-11/h3-6,8-9H,2,7,10H2,1H3,(H,17,18). The van der Waals surface area contributed by atoms with Gasteiger partial charge in [0.25, 0.3) is 0 Å². The van der Waals surface area contributed by atoms with Gasteiger partial charge in [-0.3, -0.25) is 4.98 Å². The summed E-state index contributed by atoms with van der Waals surface area (Å²) >= 11 is 3.40. The lowest BCUT2D eigenvalue weighted by molar-refractivity contribution is 0.293. The number of hydrogen-bond acceptors (Lipinski definition) is 4. The summed E-state index contributed by atoms with van der Waals surface area (Å²) < 4.78 is 6.68. The lowest BCUT2D eigenvalue weighted by atomic mass is 10.2. The molecule has 1 aromatic carbocycles. The summed E-state index contributed by atoms with van der Waals surface area (Å²) in [5.41, 5.74) is 1.09. The maximum atomic E-state index is 5.62. The fourth-order valence-electron chi connectivity index (χ4n) is 1.49. The molecule has 1 heterocycles. The van der Waals surface area contributed by atoms with Crippen LogP contribution < -0.4 is 10.1 Å². The first kappa shape index (κ1) is 13.8. The number of benzene rings is 1. The second-order valence-electron chi connectivity index (χ2n) is 4.08. The maximum absolute atomic E-state index is 5.62. The fourth-order valence-corrected chi connectivity index (χ4v) is 1.76. The first-order valence-electron chi connectivity index (χ1n) is 6.21. The Labute approximate surface area is 121 Å². The molecule has 0 fully saturated rings. The van der Waals surface area contributed by atoms with E-state index >= 15 is 0 Å². The fraction of sp³-hybridized carbons (Fsp3) is 0.286. The zero-order valence-electron chi connectivity index (χ0n) is 10.8. The molecular formula is C14H16BrN3O. The van der Waals surface area contributed by atoms with E-state index in [9.17, 15) is 0 Å². The average molecular weight is 322 g/mol. The van der Waals surface area contributed by atoms with Crippen molar-refractivity contribution in [1.29, 1.82) is 0 Å². The predicted molar refractivity (Wildman–Crippen MR) is 79.3 cm³/mol. The first-order chi connectivity index (χ1) is 9.28. The minimum atomic E-state index is 0.485. The van der Waals surface area contributed by atoms with Crippen molar-refractivity contribution in [2.24, 2.45) is 0 Å². The van der Waals surface area contributed by atoms with Crippen molar-refractivity contribution in [2.45, 2.75) is 20.0 Å². The molecule has 0 spiro atoms. The molecule has 2 rings (SSSR count). The van der Waals surface area contributed by atoms with Crippen LogP contribution in [0.1, 0.15) is 18.9 Å². The molecule has 19 heavy (non-hydrogen) atoms. The van der Waals surface area contributed by atoms with E-state index in [0.29, 0.717) is 12.5 Å². The Morgan fingerprint density at radius 3 is 2.74 bits per heavy atom. The Bertz CT molecular complexity index is 516. The lowest BCUT2D eigenvalue weighted by Crippen LogP contribution is -2.04. The van der Waals surface area contributed by atoms with Crippen LogP contribution in [0, 0.1) is 0 Å². The Kier molecular flexibility index (Phi) is 5.15. The number of hydrogen-bond donors (Lipinski definition) is 1. The summed E-state index contributed by atoms with van der Waals surface area (Å²) in [7, 11) is 0. The number of rotatable bonds is 6. The molecule has 0 saturated carbocycles. The molecule has 2 aromatic rings. The molecule has 0 amide bonds. The van der Waals surface area contributed by atoms with E-state index in [1.807, 2.05) is 24.3 Å². The molecule has 1 aromatic heterocycles. The topological polar surface area (TPSA) is 47.0 Å². The van der Waals surface area contributed by atoms with E-state index in [2.05, 4.69) is 38.1 Å². The molecule has 0 bridgehead atoms. The van der Waals surface area contributed by atoms with Crippen molar-refractivity contribution in [3.8, 4) is 5.88 Å². The van der Waals surface area contributed by atoms with Crippen LogP contribution in [0.5, 0.6) is 5.88 Å². The van der Waals surface area contributed by atoms with Crippen LogP contribution in [-0.2, 0) is 6.61 Å². The van der Waals surface area contributed by atoms with Crippen molar-refractivity contribution in [3.63, 3.8) is 0 Å². The molecule has 0 unspecified atom stereocenters. The highest BCUT2D eigenvalue weighted by Crippen LogP contribution is 2.14. The minimum Gasteiger partial charge on any atom is -0.472 e. The molecule has 0 aliphatic heterocycles. The normalized spacial score (nSPS) is 10.2. The number of aromatic nitrogens is 2. The van der Waals surface area contributed by atoms with Crippen LogP contribution in [0.2, 0.25) is 0 Å². The first-order valence-corrected chi connectivity index (χ1v) is 7.00. The van der Waals surface area contributed by atoms with Gasteiger partial charge in [0, 0.05) is 11.0 Å². The van der Waals surface area contributed by atoms with E-state index in [1.165, 1.54) is 0 Å². The molecule has 1 N–H and O–H groups in total.